The zero-order valence-corrected chi connectivity index (χ0v) is 48.3. The minimum atomic E-state index is -0.989. The van der Waals surface area contributed by atoms with Crippen molar-refractivity contribution >= 4 is 48.3 Å². The molecule has 3 amide bonds. The predicted molar refractivity (Wildman–Crippen MR) is 302 cm³/mol. The zero-order valence-electron chi connectivity index (χ0n) is 47.5. The maximum Gasteiger partial charge on any atom is 0.317 e. The number of nitrogens with one attached hydrogen (secondary N) is 1. The summed E-state index contributed by atoms with van der Waals surface area (Å²) < 4.78 is 27.7. The molecule has 1 aliphatic heterocycles. The number of carbonyl (C=O) groups is 6. The van der Waals surface area contributed by atoms with Crippen LogP contribution < -0.4 is 14.8 Å². The maximum atomic E-state index is 14.0. The number of likely N-dealkylation sites (N-methyl/N-ethyl adjacent to an activating group) is 1. The van der Waals surface area contributed by atoms with Crippen molar-refractivity contribution in [1.82, 2.24) is 49.4 Å². The number of carboxylic acids is 2. The number of carbonyl (C=O) groups excluding carboxylic acids is 4. The Morgan fingerprint density at radius 2 is 1.28 bits per heavy atom. The highest BCUT2D eigenvalue weighted by atomic mass is 32.2. The lowest BCUT2D eigenvalue weighted by Gasteiger charge is -2.33. The van der Waals surface area contributed by atoms with Gasteiger partial charge in [0.05, 0.1) is 56.8 Å². The first kappa shape index (κ1) is 65.8. The number of hydrogen-bond donors (Lipinski definition) is 5. The van der Waals surface area contributed by atoms with E-state index < -0.39 is 23.9 Å². The number of ether oxygens (including phenoxy) is 2. The van der Waals surface area contributed by atoms with Crippen molar-refractivity contribution in [2.45, 2.75) is 70.8 Å². The third-order valence-electron chi connectivity index (χ3n) is 14.5. The fourth-order valence-corrected chi connectivity index (χ4v) is 10.2. The first-order valence-electron chi connectivity index (χ1n) is 27.1. The molecule has 2 aromatic carbocycles. The zero-order chi connectivity index (χ0) is 58.0. The van der Waals surface area contributed by atoms with E-state index in [0.29, 0.717) is 119 Å². The Kier molecular flexibility index (Phi) is 28.7. The highest BCUT2D eigenvalue weighted by molar-refractivity contribution is 7.88. The second-order valence-electron chi connectivity index (χ2n) is 20.4. The quantitative estimate of drug-likeness (QED) is 0.0536. The molecular formula is C55H86N10O13S. The van der Waals surface area contributed by atoms with Crippen LogP contribution in [-0.4, -0.2) is 253 Å². The van der Waals surface area contributed by atoms with Crippen molar-refractivity contribution < 1.29 is 62.3 Å². The third kappa shape index (κ3) is 20.7. The number of aldehydes is 1. The maximum absolute atomic E-state index is 14.0. The highest BCUT2D eigenvalue weighted by Gasteiger charge is 2.30. The largest absolute Gasteiger partial charge is 0.496 e. The molecular weight excluding hydrogens is 1040 g/mol. The Labute approximate surface area is 470 Å². The van der Waals surface area contributed by atoms with Gasteiger partial charge in [0.25, 0.3) is 11.8 Å². The molecule has 23 nitrogen and oxygen atoms in total. The molecule has 0 radical (unpaired) electrons. The molecule has 1 saturated heterocycles. The van der Waals surface area contributed by atoms with E-state index in [1.165, 1.54) is 0 Å². The number of methoxy groups -OCH3 is 2. The number of aliphatic hydroxyl groups is 1. The van der Waals surface area contributed by atoms with Gasteiger partial charge in [-0.2, -0.15) is 5.10 Å². The predicted octanol–water partition coefficient (Wildman–Crippen LogP) is 3.89. The van der Waals surface area contributed by atoms with Gasteiger partial charge in [0.1, 0.15) is 24.5 Å². The Balaban J connectivity index is 0.00000664. The molecule has 24 heteroatoms. The molecule has 0 bridgehead atoms. The van der Waals surface area contributed by atoms with Gasteiger partial charge in [-0.05, 0) is 99.6 Å². The third-order valence-corrected chi connectivity index (χ3v) is 14.7. The van der Waals surface area contributed by atoms with Crippen LogP contribution in [-0.2, 0) is 23.4 Å². The summed E-state index contributed by atoms with van der Waals surface area (Å²) in [6.45, 7) is 9.57. The molecule has 1 aliphatic carbocycles. The molecule has 2 heterocycles. The summed E-state index contributed by atoms with van der Waals surface area (Å²) in [5, 5.41) is 33.9. The number of aromatic nitrogens is 2. The fraction of sp³-hybridized carbons (Fsp3) is 0.618. The second-order valence-corrected chi connectivity index (χ2v) is 20.8. The van der Waals surface area contributed by atoms with Crippen LogP contribution in [0.15, 0.2) is 42.5 Å². The second kappa shape index (κ2) is 34.4. The number of benzene rings is 2. The Bertz CT molecular complexity index is 2380. The van der Waals surface area contributed by atoms with Gasteiger partial charge in [-0.15, -0.1) is 0 Å². The van der Waals surface area contributed by atoms with Gasteiger partial charge in [-0.25, -0.2) is 4.68 Å². The molecule has 5 N–H and O–H groups in total. The monoisotopic (exact) mass is 1130 g/mol. The normalized spacial score (nSPS) is 16.0. The van der Waals surface area contributed by atoms with E-state index in [9.17, 15) is 43.5 Å². The molecule has 5 rings (SSSR count). The fourth-order valence-electron chi connectivity index (χ4n) is 9.97. The van der Waals surface area contributed by atoms with E-state index in [0.717, 1.165) is 57.6 Å². The van der Waals surface area contributed by atoms with Gasteiger partial charge < -0.3 is 54.2 Å². The SMILES string of the molecule is CO.COc1cccc(OC)c1-c1cc(C(=O)NC(C=O)C2CCCCC2)nn1-c1ccc(C(=O)N(C)CCCN(C)CCCN(C)C(=O)CN2CCN(COSO)CCN(CC(=O)O)CCN(CC(=O)O)CC2)cc1C(C)C. The van der Waals surface area contributed by atoms with Gasteiger partial charge in [0.2, 0.25) is 5.91 Å². The number of aliphatic hydroxyl groups excluding tert-OH is 1. The number of carboxylic acid groups (broad SMARTS) is 2. The van der Waals surface area contributed by atoms with Gasteiger partial charge >= 0.3 is 11.9 Å². The van der Waals surface area contributed by atoms with Crippen molar-refractivity contribution in [1.29, 1.82) is 0 Å². The summed E-state index contributed by atoms with van der Waals surface area (Å²) in [7, 11) is 9.70. The van der Waals surface area contributed by atoms with Crippen LogP contribution in [0.5, 0.6) is 11.5 Å². The first-order chi connectivity index (χ1) is 38.0. The molecule has 1 unspecified atom stereocenters. The Hall–Kier alpha value is -5.70. The van der Waals surface area contributed by atoms with Crippen molar-refractivity contribution in [2.24, 2.45) is 5.92 Å². The van der Waals surface area contributed by atoms with Crippen molar-refractivity contribution in [2.75, 3.05) is 147 Å². The van der Waals surface area contributed by atoms with Crippen LogP contribution in [0.4, 0.5) is 0 Å². The number of rotatable bonds is 27. The summed E-state index contributed by atoms with van der Waals surface area (Å²) in [5.74, 6) is -1.63. The van der Waals surface area contributed by atoms with Crippen LogP contribution in [0.25, 0.3) is 16.9 Å². The van der Waals surface area contributed by atoms with E-state index >= 15 is 0 Å². The first-order valence-corrected chi connectivity index (χ1v) is 27.8. The Morgan fingerprint density at radius 1 is 0.747 bits per heavy atom. The lowest BCUT2D eigenvalue weighted by Crippen LogP contribution is -2.49. The van der Waals surface area contributed by atoms with Crippen molar-refractivity contribution in [3.8, 4) is 28.4 Å². The summed E-state index contributed by atoms with van der Waals surface area (Å²) in [6.07, 6.45) is 7.15. The van der Waals surface area contributed by atoms with Crippen LogP contribution in [0.3, 0.4) is 0 Å². The summed E-state index contributed by atoms with van der Waals surface area (Å²) >= 11 is 0.252. The van der Waals surface area contributed by atoms with E-state index in [1.807, 2.05) is 61.0 Å². The van der Waals surface area contributed by atoms with Gasteiger partial charge in [-0.3, -0.25) is 47.8 Å². The summed E-state index contributed by atoms with van der Waals surface area (Å²) in [5.41, 5.74) is 3.24. The average Bonchev–Trinajstić information content (AvgIpc) is 3.90. The number of nitrogens with zero attached hydrogens (tertiary/aromatic N) is 9. The van der Waals surface area contributed by atoms with E-state index in [-0.39, 0.29) is 68.0 Å². The van der Waals surface area contributed by atoms with Gasteiger partial charge in [0.15, 0.2) is 18.0 Å². The molecule has 1 saturated carbocycles. The van der Waals surface area contributed by atoms with Crippen molar-refractivity contribution in [3.05, 3.63) is 59.3 Å². The molecule has 3 aromatic rings. The van der Waals surface area contributed by atoms with Crippen molar-refractivity contribution in [3.63, 3.8) is 0 Å². The topological polar surface area (TPSA) is 264 Å². The molecule has 0 spiro atoms. The molecule has 1 atom stereocenters. The molecule has 79 heavy (non-hydrogen) atoms. The standard InChI is InChI=1S/C54H82N10O12S.CH4O/c1-39(2)42-32-41(18-19-45(42)64-46(52-47(74-6)16-11-17-48(52)75-7)33-43(56-64)53(71)55-44(37-65)40-14-9-8-10-15-40)54(72)59(5)23-13-21-57(3)20-12-22-58(4)49(66)34-60-24-25-61(35-50(67)68)26-27-62(36-51(69)70)29-31-63(30-28-60)38-76-77-73;1-2/h11,16-19,32-33,37,39-40,44,73H,8-10,12-15,20-31,34-36,38H2,1-7H3,(H,55,71)(H,67,68)(H,69,70);2H,1H3. The van der Waals surface area contributed by atoms with E-state index in [4.69, 9.17) is 23.9 Å². The molecule has 1 aromatic heterocycles. The lowest BCUT2D eigenvalue weighted by atomic mass is 9.84. The van der Waals surface area contributed by atoms with Gasteiger partial charge in [-0.1, -0.05) is 39.2 Å². The van der Waals surface area contributed by atoms with Crippen LogP contribution in [0.2, 0.25) is 0 Å². The number of amides is 3. The summed E-state index contributed by atoms with van der Waals surface area (Å²) in [6, 6.07) is 12.0. The molecule has 440 valence electrons. The average molecular weight is 1130 g/mol. The number of hydrogen-bond acceptors (Lipinski definition) is 18. The molecule has 2 aliphatic rings. The molecule has 2 fully saturated rings. The number of aliphatic carboxylic acids is 2. The van der Waals surface area contributed by atoms with E-state index in [1.54, 1.807) is 64.7 Å². The van der Waals surface area contributed by atoms with E-state index in [2.05, 4.69) is 10.2 Å². The van der Waals surface area contributed by atoms with Crippen LogP contribution >= 0.6 is 12.3 Å². The van der Waals surface area contributed by atoms with Crippen LogP contribution in [0, 0.1) is 5.92 Å². The minimum Gasteiger partial charge on any atom is -0.496 e. The van der Waals surface area contributed by atoms with Crippen LogP contribution in [0.1, 0.15) is 91.1 Å². The minimum absolute atomic E-state index is 0.0604. The smallest absolute Gasteiger partial charge is 0.317 e. The lowest BCUT2D eigenvalue weighted by molar-refractivity contribution is -0.140. The summed E-state index contributed by atoms with van der Waals surface area (Å²) in [4.78, 5) is 90.1. The Morgan fingerprint density at radius 3 is 1.78 bits per heavy atom. The van der Waals surface area contributed by atoms with Gasteiger partial charge in [0, 0.05) is 92.2 Å². The highest BCUT2D eigenvalue weighted by Crippen LogP contribution is 2.41.